The summed E-state index contributed by atoms with van der Waals surface area (Å²) in [6, 6.07) is 3.73. The van der Waals surface area contributed by atoms with Crippen LogP contribution in [0.15, 0.2) is 30.4 Å². The summed E-state index contributed by atoms with van der Waals surface area (Å²) < 4.78 is 75.0. The molecule has 58 heavy (non-hydrogen) atoms. The van der Waals surface area contributed by atoms with Crippen molar-refractivity contribution in [3.05, 3.63) is 41.6 Å². The van der Waals surface area contributed by atoms with Crippen LogP contribution >= 0.6 is 0 Å². The zero-order chi connectivity index (χ0) is 41.3. The number of alkyl halides is 2. The monoisotopic (exact) mass is 826 g/mol. The molecule has 2 N–H and O–H groups in total. The highest BCUT2D eigenvalue weighted by Gasteiger charge is 2.64. The van der Waals surface area contributed by atoms with Crippen LogP contribution in [-0.2, 0) is 40.4 Å². The Morgan fingerprint density at radius 1 is 1.07 bits per heavy atom. The van der Waals surface area contributed by atoms with Gasteiger partial charge in [-0.25, -0.2) is 22.2 Å². The predicted octanol–water partition coefficient (Wildman–Crippen LogP) is 5.73. The number of nitrogens with one attached hydrogen (secondary N) is 2. The summed E-state index contributed by atoms with van der Waals surface area (Å²) in [5, 5.41) is 3.47. The molecule has 4 fully saturated rings. The van der Waals surface area contributed by atoms with Crippen LogP contribution in [0.2, 0.25) is 0 Å². The maximum Gasteiger partial charge on any atom is 0.307 e. The fraction of sp³-hybridized carbons (Fsp3) is 0.643. The Morgan fingerprint density at radius 2 is 1.84 bits per heavy atom. The number of carbonyl (C=O) groups excluding carboxylic acids is 4. The molecule has 3 aliphatic carbocycles. The van der Waals surface area contributed by atoms with Crippen LogP contribution in [-0.4, -0.2) is 83.2 Å². The topological polar surface area (TPSA) is 170 Å². The molecule has 314 valence electrons. The number of nitrogens with zero attached hydrogens (tertiary/aromatic N) is 2. The van der Waals surface area contributed by atoms with Crippen molar-refractivity contribution >= 4 is 44.6 Å². The van der Waals surface area contributed by atoms with Crippen LogP contribution in [0.1, 0.15) is 121 Å². The molecule has 1 aromatic carbocycles. The van der Waals surface area contributed by atoms with Crippen molar-refractivity contribution in [2.45, 2.75) is 144 Å². The average molecular weight is 827 g/mol. The first kappa shape index (κ1) is 40.4. The van der Waals surface area contributed by atoms with Crippen molar-refractivity contribution in [2.24, 2.45) is 11.8 Å². The average Bonchev–Trinajstić information content (AvgIpc) is 4.06. The van der Waals surface area contributed by atoms with Crippen molar-refractivity contribution in [3.8, 4) is 11.5 Å². The smallest absolute Gasteiger partial charge is 0.307 e. The van der Waals surface area contributed by atoms with Crippen LogP contribution in [0, 0.1) is 11.8 Å². The van der Waals surface area contributed by atoms with E-state index in [0.717, 1.165) is 32.1 Å². The van der Waals surface area contributed by atoms with Gasteiger partial charge in [-0.15, -0.1) is 0 Å². The number of amides is 3. The quantitative estimate of drug-likeness (QED) is 0.248. The molecule has 1 spiro atoms. The Kier molecular flexibility index (Phi) is 10.3. The first-order chi connectivity index (χ1) is 27.5. The van der Waals surface area contributed by atoms with Crippen LogP contribution in [0.3, 0.4) is 0 Å². The van der Waals surface area contributed by atoms with Gasteiger partial charge in [0.2, 0.25) is 21.8 Å². The lowest BCUT2D eigenvalue weighted by Gasteiger charge is -2.38. The van der Waals surface area contributed by atoms with E-state index in [2.05, 4.69) is 15.0 Å². The number of hydrogen-bond donors (Lipinski definition) is 2. The molecule has 3 amide bonds. The minimum absolute atomic E-state index is 0.103. The second kappa shape index (κ2) is 14.7. The lowest BCUT2D eigenvalue weighted by molar-refractivity contribution is -0.169. The van der Waals surface area contributed by atoms with Gasteiger partial charge in [0.1, 0.15) is 34.2 Å². The van der Waals surface area contributed by atoms with Gasteiger partial charge in [-0.05, 0) is 103 Å². The molecule has 0 bridgehead atoms. The van der Waals surface area contributed by atoms with Gasteiger partial charge in [0.25, 0.3) is 12.3 Å². The minimum atomic E-state index is -4.05. The fourth-order valence-corrected chi connectivity index (χ4v) is 10.5. The summed E-state index contributed by atoms with van der Waals surface area (Å²) in [4.78, 5) is 62.6. The van der Waals surface area contributed by atoms with Gasteiger partial charge < -0.3 is 24.4 Å². The largest absolute Gasteiger partial charge is 0.497 e. The number of benzene rings is 1. The summed E-state index contributed by atoms with van der Waals surface area (Å²) in [5.74, 6) is -3.46. The standard InChI is InChI=1S/C42H52F2N4O9S/c1-39(15-9-16-39)56-32(49)20-25-10-7-5-4-6-8-11-26-22-42(26,38(52)47-58(53,54)40(2)18-19-40)46-36(50)31-23-41(24-48(31)37(25)51)17-14-28-29-21-27(55-3)12-13-30(29)45-33(35(43)44)34(28)57-41/h8,11-13,21,25-26,31,35H,4-7,9-10,14-20,22-24H2,1-3H3,(H,46,50)(H,47,52)/b11-8-/t25-,26-,31+,41-,42-/m1/s1. The molecule has 16 heteroatoms. The number of rotatable bonds is 8. The third-order valence-corrected chi connectivity index (χ3v) is 15.7. The normalized spacial score (nSPS) is 30.7. The number of pyridine rings is 1. The highest BCUT2D eigenvalue weighted by Crippen LogP contribution is 2.50. The molecule has 5 atom stereocenters. The van der Waals surface area contributed by atoms with Crippen LogP contribution < -0.4 is 19.5 Å². The maximum absolute atomic E-state index is 14.9. The number of aryl methyl sites for hydroxylation is 1. The van der Waals surface area contributed by atoms with E-state index in [1.807, 2.05) is 19.1 Å². The van der Waals surface area contributed by atoms with Crippen molar-refractivity contribution < 1.29 is 50.6 Å². The first-order valence-electron chi connectivity index (χ1n) is 20.6. The third-order valence-electron chi connectivity index (χ3n) is 13.5. The van der Waals surface area contributed by atoms with E-state index in [0.29, 0.717) is 54.3 Å². The van der Waals surface area contributed by atoms with Crippen molar-refractivity contribution in [2.75, 3.05) is 13.7 Å². The van der Waals surface area contributed by atoms with E-state index in [4.69, 9.17) is 14.2 Å². The molecular formula is C42H52F2N4O9S. The number of fused-ring (bicyclic) bond motifs is 5. The molecule has 0 unspecified atom stereocenters. The number of esters is 1. The Morgan fingerprint density at radius 3 is 2.53 bits per heavy atom. The second-order valence-electron chi connectivity index (χ2n) is 17.9. The molecule has 0 radical (unpaired) electrons. The summed E-state index contributed by atoms with van der Waals surface area (Å²) in [6.07, 6.45) is 7.53. The molecule has 3 saturated carbocycles. The summed E-state index contributed by atoms with van der Waals surface area (Å²) >= 11 is 0. The number of methoxy groups -OCH3 is 1. The number of sulfonamides is 1. The minimum Gasteiger partial charge on any atom is -0.497 e. The Bertz CT molecular complexity index is 2170. The van der Waals surface area contributed by atoms with E-state index in [9.17, 15) is 36.4 Å². The molecule has 4 heterocycles. The zero-order valence-corrected chi connectivity index (χ0v) is 34.1. The second-order valence-corrected chi connectivity index (χ2v) is 20.1. The lowest BCUT2D eigenvalue weighted by Crippen LogP contribution is -2.57. The van der Waals surface area contributed by atoms with E-state index in [-0.39, 0.29) is 44.4 Å². The van der Waals surface area contributed by atoms with Crippen molar-refractivity contribution in [1.82, 2.24) is 19.9 Å². The predicted molar refractivity (Wildman–Crippen MR) is 207 cm³/mol. The summed E-state index contributed by atoms with van der Waals surface area (Å²) in [6.45, 7) is 3.29. The SMILES string of the molecule is COc1ccc2nc(C(F)F)c3c(c2c1)CC[C@]1(C[C@H]2C(=O)N[C@]4(C(=O)NS(=O)(=O)C5(C)CC5)C[C@H]4/C=C\CCCCC[C@H](CC(=O)OC4(C)CCC4)C(=O)N2C1)O3. The summed E-state index contributed by atoms with van der Waals surface area (Å²) in [7, 11) is -2.54. The van der Waals surface area contributed by atoms with E-state index >= 15 is 0 Å². The number of allylic oxidation sites excluding steroid dienone is 1. The zero-order valence-electron chi connectivity index (χ0n) is 33.2. The molecular weight excluding hydrogens is 775 g/mol. The van der Waals surface area contributed by atoms with Crippen LogP contribution in [0.4, 0.5) is 8.78 Å². The Hall–Kier alpha value is -4.34. The number of carbonyl (C=O) groups is 4. The van der Waals surface area contributed by atoms with Gasteiger partial charge in [0, 0.05) is 29.2 Å². The highest BCUT2D eigenvalue weighted by molar-refractivity contribution is 7.91. The molecule has 2 aromatic rings. The number of aromatic nitrogens is 1. The van der Waals surface area contributed by atoms with E-state index in [1.54, 1.807) is 25.1 Å². The van der Waals surface area contributed by atoms with Crippen molar-refractivity contribution in [3.63, 3.8) is 0 Å². The highest BCUT2D eigenvalue weighted by atomic mass is 32.2. The molecule has 8 rings (SSSR count). The number of halogens is 2. The molecule has 6 aliphatic rings. The molecule has 3 aliphatic heterocycles. The van der Waals surface area contributed by atoms with Gasteiger partial charge in [-0.1, -0.05) is 25.0 Å². The maximum atomic E-state index is 14.9. The number of ether oxygens (including phenoxy) is 3. The van der Waals surface area contributed by atoms with Gasteiger partial charge in [0.05, 0.1) is 30.3 Å². The van der Waals surface area contributed by atoms with Gasteiger partial charge in [-0.2, -0.15) is 0 Å². The Labute approximate surface area is 337 Å². The van der Waals surface area contributed by atoms with Gasteiger partial charge in [0.15, 0.2) is 5.75 Å². The van der Waals surface area contributed by atoms with Crippen LogP contribution in [0.25, 0.3) is 10.9 Å². The molecule has 13 nitrogen and oxygen atoms in total. The number of hydrogen-bond acceptors (Lipinski definition) is 10. The van der Waals surface area contributed by atoms with Gasteiger partial charge >= 0.3 is 5.97 Å². The summed E-state index contributed by atoms with van der Waals surface area (Å²) in [5.41, 5.74) is -3.17. The van der Waals surface area contributed by atoms with E-state index in [1.165, 1.54) is 12.0 Å². The first-order valence-corrected chi connectivity index (χ1v) is 22.0. The van der Waals surface area contributed by atoms with Crippen LogP contribution in [0.5, 0.6) is 11.5 Å². The Balaban J connectivity index is 1.15. The lowest BCUT2D eigenvalue weighted by atomic mass is 9.82. The fourth-order valence-electron chi connectivity index (χ4n) is 9.24. The van der Waals surface area contributed by atoms with Crippen molar-refractivity contribution in [1.29, 1.82) is 0 Å². The third kappa shape index (κ3) is 7.42. The molecule has 1 aromatic heterocycles. The van der Waals surface area contributed by atoms with E-state index < -0.39 is 85.2 Å². The van der Waals surface area contributed by atoms with Gasteiger partial charge in [-0.3, -0.25) is 23.9 Å². The molecule has 1 saturated heterocycles.